The van der Waals surface area contributed by atoms with Gasteiger partial charge in [-0.15, -0.1) is 11.3 Å². The van der Waals surface area contributed by atoms with Crippen LogP contribution in [0.25, 0.3) is 5.69 Å². The van der Waals surface area contributed by atoms with Gasteiger partial charge in [-0.05, 0) is 42.1 Å². The summed E-state index contributed by atoms with van der Waals surface area (Å²) in [5.74, 6) is 1.15. The number of aromatic amines is 1. The molecule has 0 saturated carbocycles. The predicted octanol–water partition coefficient (Wildman–Crippen LogP) is 4.78. The standard InChI is InChI=1S/C24H19N3O3S/c28-17-13-14(18-8-4-10-30-18)12-16-20(17)21(19-9-5-11-31-19)22-23(25-16)26-27(24(22)29)15-6-2-1-3-7-15/h1-11,14,21,25-26H,12-13H2. The number of benzene rings is 1. The molecule has 0 radical (unpaired) electrons. The number of anilines is 1. The molecule has 6 rings (SSSR count). The number of hydrogen-bond donors (Lipinski definition) is 2. The average molecular weight is 430 g/mol. The van der Waals surface area contributed by atoms with Gasteiger partial charge in [0.2, 0.25) is 0 Å². The van der Waals surface area contributed by atoms with Gasteiger partial charge in [0.25, 0.3) is 5.56 Å². The van der Waals surface area contributed by atoms with Gasteiger partial charge in [-0.25, -0.2) is 4.68 Å². The van der Waals surface area contributed by atoms with Crippen molar-refractivity contribution in [3.63, 3.8) is 0 Å². The van der Waals surface area contributed by atoms with Gasteiger partial charge in [-0.2, -0.15) is 0 Å². The number of furan rings is 1. The highest BCUT2D eigenvalue weighted by Crippen LogP contribution is 2.47. The van der Waals surface area contributed by atoms with Crippen LogP contribution in [0.15, 0.2) is 86.7 Å². The van der Waals surface area contributed by atoms with Crippen molar-refractivity contribution >= 4 is 22.9 Å². The molecule has 0 saturated heterocycles. The van der Waals surface area contributed by atoms with Crippen molar-refractivity contribution < 1.29 is 9.21 Å². The number of hydrogen-bond acceptors (Lipinski definition) is 5. The zero-order chi connectivity index (χ0) is 20.9. The molecule has 2 unspecified atom stereocenters. The van der Waals surface area contributed by atoms with Gasteiger partial charge < -0.3 is 9.73 Å². The minimum Gasteiger partial charge on any atom is -0.469 e. The average Bonchev–Trinajstić information content (AvgIpc) is 3.55. The number of carbonyl (C=O) groups is 1. The third-order valence-electron chi connectivity index (χ3n) is 6.08. The molecule has 0 bridgehead atoms. The summed E-state index contributed by atoms with van der Waals surface area (Å²) in [6.45, 7) is 0. The minimum absolute atomic E-state index is 0.0118. The number of H-pyrrole nitrogens is 1. The lowest BCUT2D eigenvalue weighted by molar-refractivity contribution is -0.116. The number of nitrogens with zero attached hydrogens (tertiary/aromatic N) is 1. The fourth-order valence-electron chi connectivity index (χ4n) is 4.72. The van der Waals surface area contributed by atoms with Crippen LogP contribution in [0.5, 0.6) is 0 Å². The second-order valence-electron chi connectivity index (χ2n) is 7.89. The smallest absolute Gasteiger partial charge is 0.277 e. The molecule has 31 heavy (non-hydrogen) atoms. The number of carbonyl (C=O) groups excluding carboxylic acids is 1. The second kappa shape index (κ2) is 6.99. The number of Topliss-reactive ketones (excluding diaryl/α,β-unsaturated/α-hetero) is 1. The molecular formula is C24H19N3O3S. The molecule has 0 spiro atoms. The highest BCUT2D eigenvalue weighted by Gasteiger charge is 2.42. The van der Waals surface area contributed by atoms with Crippen molar-refractivity contribution in [2.24, 2.45) is 0 Å². The van der Waals surface area contributed by atoms with Gasteiger partial charge in [-0.3, -0.25) is 14.7 Å². The minimum atomic E-state index is -0.370. The predicted molar refractivity (Wildman–Crippen MR) is 119 cm³/mol. The lowest BCUT2D eigenvalue weighted by Crippen LogP contribution is -2.31. The third-order valence-corrected chi connectivity index (χ3v) is 7.01. The third kappa shape index (κ3) is 2.84. The van der Waals surface area contributed by atoms with Gasteiger partial charge in [-0.1, -0.05) is 24.3 Å². The maximum Gasteiger partial charge on any atom is 0.277 e. The molecule has 2 atom stereocenters. The summed E-state index contributed by atoms with van der Waals surface area (Å²) < 4.78 is 7.14. The zero-order valence-electron chi connectivity index (χ0n) is 16.5. The number of fused-ring (bicyclic) bond motifs is 1. The van der Waals surface area contributed by atoms with Crippen molar-refractivity contribution in [1.29, 1.82) is 0 Å². The Morgan fingerprint density at radius 3 is 2.61 bits per heavy atom. The topological polar surface area (TPSA) is 80.0 Å². The van der Waals surface area contributed by atoms with Crippen molar-refractivity contribution in [1.82, 2.24) is 9.78 Å². The van der Waals surface area contributed by atoms with Crippen LogP contribution >= 0.6 is 11.3 Å². The molecular weight excluding hydrogens is 410 g/mol. The van der Waals surface area contributed by atoms with E-state index in [9.17, 15) is 9.59 Å². The Hall–Kier alpha value is -3.58. The Morgan fingerprint density at radius 2 is 1.87 bits per heavy atom. The molecule has 4 aromatic rings. The van der Waals surface area contributed by atoms with E-state index in [2.05, 4.69) is 10.4 Å². The molecule has 1 aliphatic heterocycles. The van der Waals surface area contributed by atoms with Gasteiger partial charge in [0.05, 0.1) is 23.4 Å². The molecule has 2 N–H and O–H groups in total. The maximum atomic E-state index is 13.5. The number of para-hydroxylation sites is 1. The fraction of sp³-hybridized carbons (Fsp3) is 0.167. The van der Waals surface area contributed by atoms with Crippen LogP contribution in [-0.2, 0) is 4.79 Å². The lowest BCUT2D eigenvalue weighted by Gasteiger charge is -2.33. The Morgan fingerprint density at radius 1 is 1.00 bits per heavy atom. The van der Waals surface area contributed by atoms with E-state index in [-0.39, 0.29) is 23.2 Å². The zero-order valence-corrected chi connectivity index (χ0v) is 17.3. The molecule has 7 heteroatoms. The summed E-state index contributed by atoms with van der Waals surface area (Å²) in [4.78, 5) is 27.9. The first-order valence-corrected chi connectivity index (χ1v) is 11.1. The molecule has 154 valence electrons. The molecule has 3 aromatic heterocycles. The van der Waals surface area contributed by atoms with E-state index in [0.717, 1.165) is 22.0 Å². The number of allylic oxidation sites excluding steroid dienone is 2. The van der Waals surface area contributed by atoms with E-state index in [1.165, 1.54) is 0 Å². The Balaban J connectivity index is 1.52. The summed E-state index contributed by atoms with van der Waals surface area (Å²) >= 11 is 1.57. The van der Waals surface area contributed by atoms with E-state index in [1.807, 2.05) is 60.0 Å². The number of nitrogens with one attached hydrogen (secondary N) is 2. The Bertz CT molecular complexity index is 1340. The highest BCUT2D eigenvalue weighted by atomic mass is 32.1. The molecule has 6 nitrogen and oxygen atoms in total. The maximum absolute atomic E-state index is 13.5. The van der Waals surface area contributed by atoms with Crippen molar-refractivity contribution in [3.05, 3.63) is 104 Å². The van der Waals surface area contributed by atoms with Crippen LogP contribution in [0.4, 0.5) is 5.82 Å². The van der Waals surface area contributed by atoms with Crippen molar-refractivity contribution in [2.75, 3.05) is 5.32 Å². The van der Waals surface area contributed by atoms with Gasteiger partial charge in [0, 0.05) is 28.5 Å². The van der Waals surface area contributed by atoms with Gasteiger partial charge in [0.15, 0.2) is 5.78 Å². The molecule has 2 aliphatic rings. The Kier molecular flexibility index (Phi) is 4.11. The van der Waals surface area contributed by atoms with E-state index in [0.29, 0.717) is 29.8 Å². The molecule has 0 fully saturated rings. The number of aromatic nitrogens is 2. The SMILES string of the molecule is O=C1CC(c2ccco2)CC2=C1C(c1cccs1)c1c([nH]n(-c3ccccc3)c1=O)N2. The van der Waals surface area contributed by atoms with Crippen LogP contribution in [-0.4, -0.2) is 15.6 Å². The second-order valence-corrected chi connectivity index (χ2v) is 8.87. The quantitative estimate of drug-likeness (QED) is 0.491. The number of thiophene rings is 1. The normalized spacial score (nSPS) is 20.3. The first kappa shape index (κ1) is 18.2. The van der Waals surface area contributed by atoms with Gasteiger partial charge in [0.1, 0.15) is 11.6 Å². The van der Waals surface area contributed by atoms with E-state index in [4.69, 9.17) is 4.42 Å². The monoisotopic (exact) mass is 429 g/mol. The molecule has 4 heterocycles. The van der Waals surface area contributed by atoms with Gasteiger partial charge >= 0.3 is 0 Å². The lowest BCUT2D eigenvalue weighted by atomic mass is 9.75. The van der Waals surface area contributed by atoms with Crippen LogP contribution in [0.2, 0.25) is 0 Å². The molecule has 0 amide bonds. The summed E-state index contributed by atoms with van der Waals surface area (Å²) in [6, 6.07) is 17.2. The van der Waals surface area contributed by atoms with Crippen molar-refractivity contribution in [2.45, 2.75) is 24.7 Å². The highest BCUT2D eigenvalue weighted by molar-refractivity contribution is 7.10. The largest absolute Gasteiger partial charge is 0.469 e. The van der Waals surface area contributed by atoms with Crippen LogP contribution in [0.3, 0.4) is 0 Å². The van der Waals surface area contributed by atoms with Crippen LogP contribution in [0, 0.1) is 0 Å². The van der Waals surface area contributed by atoms with Crippen LogP contribution < -0.4 is 10.9 Å². The first-order chi connectivity index (χ1) is 15.2. The Labute approximate surface area is 181 Å². The van der Waals surface area contributed by atoms with E-state index in [1.54, 1.807) is 22.3 Å². The summed E-state index contributed by atoms with van der Waals surface area (Å²) in [5, 5.41) is 8.61. The number of rotatable bonds is 3. The summed E-state index contributed by atoms with van der Waals surface area (Å²) in [5.41, 5.74) is 2.78. The first-order valence-electron chi connectivity index (χ1n) is 10.2. The van der Waals surface area contributed by atoms with E-state index < -0.39 is 0 Å². The molecule has 1 aliphatic carbocycles. The summed E-state index contributed by atoms with van der Waals surface area (Å²) in [7, 11) is 0. The van der Waals surface area contributed by atoms with Crippen LogP contribution in [0.1, 0.15) is 40.9 Å². The number of ketones is 1. The summed E-state index contributed by atoms with van der Waals surface area (Å²) in [6.07, 6.45) is 2.68. The fourth-order valence-corrected chi connectivity index (χ4v) is 5.56. The molecule has 1 aromatic carbocycles. The van der Waals surface area contributed by atoms with E-state index >= 15 is 0 Å². The van der Waals surface area contributed by atoms with Crippen molar-refractivity contribution in [3.8, 4) is 5.69 Å².